The van der Waals surface area contributed by atoms with E-state index in [-0.39, 0.29) is 30.2 Å². The van der Waals surface area contributed by atoms with E-state index in [1.165, 1.54) is 0 Å². The van der Waals surface area contributed by atoms with Crippen molar-refractivity contribution in [2.24, 2.45) is 5.92 Å². The molecule has 0 spiro atoms. The zero-order valence-corrected chi connectivity index (χ0v) is 18.1. The number of hydrogen-bond acceptors (Lipinski definition) is 4. The number of nitrogens with one attached hydrogen (secondary N) is 1. The number of carbonyl (C=O) groups is 2. The maximum absolute atomic E-state index is 12.7. The number of methoxy groups -OCH3 is 2. The van der Waals surface area contributed by atoms with Crippen molar-refractivity contribution in [3.63, 3.8) is 0 Å². The van der Waals surface area contributed by atoms with Gasteiger partial charge in [0.2, 0.25) is 11.8 Å². The maximum atomic E-state index is 12.7. The van der Waals surface area contributed by atoms with Crippen molar-refractivity contribution in [2.45, 2.75) is 32.7 Å². The molecule has 3 rings (SSSR count). The number of rotatable bonds is 8. The lowest BCUT2D eigenvalue weighted by Gasteiger charge is -2.25. The summed E-state index contributed by atoms with van der Waals surface area (Å²) in [5, 5.41) is 3.00. The molecule has 30 heavy (non-hydrogen) atoms. The summed E-state index contributed by atoms with van der Waals surface area (Å²) < 4.78 is 10.7. The Hall–Kier alpha value is -3.02. The summed E-state index contributed by atoms with van der Waals surface area (Å²) in [7, 11) is 3.22. The predicted octanol–water partition coefficient (Wildman–Crippen LogP) is 3.28. The van der Waals surface area contributed by atoms with Crippen LogP contribution in [-0.4, -0.2) is 44.0 Å². The summed E-state index contributed by atoms with van der Waals surface area (Å²) in [6.45, 7) is 4.98. The highest BCUT2D eigenvalue weighted by molar-refractivity contribution is 5.89. The van der Waals surface area contributed by atoms with E-state index in [2.05, 4.69) is 5.32 Å². The molecule has 1 aliphatic rings. The van der Waals surface area contributed by atoms with Crippen molar-refractivity contribution in [3.05, 3.63) is 59.2 Å². The summed E-state index contributed by atoms with van der Waals surface area (Å²) in [5.74, 6) is 1.03. The van der Waals surface area contributed by atoms with Gasteiger partial charge in [-0.1, -0.05) is 30.3 Å². The third-order valence-electron chi connectivity index (χ3n) is 5.81. The van der Waals surface area contributed by atoms with Crippen molar-refractivity contribution in [1.82, 2.24) is 10.2 Å². The van der Waals surface area contributed by atoms with E-state index in [4.69, 9.17) is 9.47 Å². The minimum atomic E-state index is -0.310. The van der Waals surface area contributed by atoms with Crippen molar-refractivity contribution in [1.29, 1.82) is 0 Å². The smallest absolute Gasteiger partial charge is 0.225 e. The summed E-state index contributed by atoms with van der Waals surface area (Å²) in [4.78, 5) is 27.0. The minimum Gasteiger partial charge on any atom is -0.493 e. The van der Waals surface area contributed by atoms with Gasteiger partial charge in [0.1, 0.15) is 0 Å². The van der Waals surface area contributed by atoms with Crippen LogP contribution in [0.2, 0.25) is 0 Å². The molecule has 0 aliphatic carbocycles. The average molecular weight is 411 g/mol. The Balaban J connectivity index is 1.55. The number of carbonyl (C=O) groups excluding carboxylic acids is 2. The van der Waals surface area contributed by atoms with E-state index in [0.717, 1.165) is 16.7 Å². The van der Waals surface area contributed by atoms with Crippen molar-refractivity contribution < 1.29 is 19.1 Å². The number of ether oxygens (including phenoxy) is 2. The molecule has 0 bridgehead atoms. The number of aryl methyl sites for hydroxylation is 1. The molecule has 1 saturated heterocycles. The Morgan fingerprint density at radius 1 is 1.17 bits per heavy atom. The zero-order valence-electron chi connectivity index (χ0n) is 18.1. The van der Waals surface area contributed by atoms with Gasteiger partial charge in [-0.25, -0.2) is 0 Å². The first-order valence-electron chi connectivity index (χ1n) is 10.3. The standard InChI is InChI=1S/C24H30N2O4/c1-16-12-21(29-3)22(30-4)13-19(16)10-11-25-24(28)20-14-23(27)26(15-20)17(2)18-8-6-5-7-9-18/h5-9,12-13,17,20H,10-11,14-15H2,1-4H3,(H,25,28). The molecule has 160 valence electrons. The van der Waals surface area contributed by atoms with E-state index >= 15 is 0 Å². The second kappa shape index (κ2) is 9.65. The van der Waals surface area contributed by atoms with Crippen LogP contribution in [0.5, 0.6) is 11.5 Å². The van der Waals surface area contributed by atoms with E-state index in [1.54, 1.807) is 19.1 Å². The number of hydrogen-bond donors (Lipinski definition) is 1. The first-order valence-corrected chi connectivity index (χ1v) is 10.3. The largest absolute Gasteiger partial charge is 0.493 e. The van der Waals surface area contributed by atoms with Gasteiger partial charge in [0.05, 0.1) is 26.2 Å². The second-order valence-electron chi connectivity index (χ2n) is 7.71. The van der Waals surface area contributed by atoms with Gasteiger partial charge in [-0.05, 0) is 49.1 Å². The quantitative estimate of drug-likeness (QED) is 0.725. The Bertz CT molecular complexity index is 898. The first-order chi connectivity index (χ1) is 14.4. The Labute approximate surface area is 178 Å². The SMILES string of the molecule is COc1cc(C)c(CCNC(=O)C2CC(=O)N(C(C)c3ccccc3)C2)cc1OC. The van der Waals surface area contributed by atoms with Crippen LogP contribution in [0.15, 0.2) is 42.5 Å². The molecule has 1 aliphatic heterocycles. The maximum Gasteiger partial charge on any atom is 0.225 e. The molecule has 1 N–H and O–H groups in total. The van der Waals surface area contributed by atoms with Crippen LogP contribution in [0, 0.1) is 12.8 Å². The minimum absolute atomic E-state index is 0.0299. The number of nitrogens with zero attached hydrogens (tertiary/aromatic N) is 1. The van der Waals surface area contributed by atoms with Gasteiger partial charge >= 0.3 is 0 Å². The van der Waals surface area contributed by atoms with Crippen LogP contribution < -0.4 is 14.8 Å². The molecule has 6 nitrogen and oxygen atoms in total. The molecule has 1 fully saturated rings. The lowest BCUT2D eigenvalue weighted by molar-refractivity contribution is -0.130. The molecule has 2 aromatic carbocycles. The average Bonchev–Trinajstić information content (AvgIpc) is 3.16. The van der Waals surface area contributed by atoms with E-state index in [1.807, 2.05) is 56.3 Å². The van der Waals surface area contributed by atoms with Crippen LogP contribution in [0.3, 0.4) is 0 Å². The second-order valence-corrected chi connectivity index (χ2v) is 7.71. The number of likely N-dealkylation sites (tertiary alicyclic amines) is 1. The summed E-state index contributed by atoms with van der Waals surface area (Å²) in [6, 6.07) is 13.8. The molecule has 6 heteroatoms. The number of amides is 2. The summed E-state index contributed by atoms with van der Waals surface area (Å²) in [6.07, 6.45) is 0.946. The third kappa shape index (κ3) is 4.75. The van der Waals surface area contributed by atoms with Crippen molar-refractivity contribution in [2.75, 3.05) is 27.3 Å². The van der Waals surface area contributed by atoms with Crippen LogP contribution >= 0.6 is 0 Å². The molecule has 0 aromatic heterocycles. The van der Waals surface area contributed by atoms with Crippen LogP contribution in [-0.2, 0) is 16.0 Å². The molecule has 2 atom stereocenters. The van der Waals surface area contributed by atoms with Crippen molar-refractivity contribution in [3.8, 4) is 11.5 Å². The lowest BCUT2D eigenvalue weighted by Crippen LogP contribution is -2.34. The monoisotopic (exact) mass is 410 g/mol. The lowest BCUT2D eigenvalue weighted by atomic mass is 10.0. The Morgan fingerprint density at radius 3 is 2.50 bits per heavy atom. The molecular weight excluding hydrogens is 380 g/mol. The molecule has 0 saturated carbocycles. The van der Waals surface area contributed by atoms with Gasteiger partial charge in [0, 0.05) is 19.5 Å². The molecule has 2 aromatic rings. The van der Waals surface area contributed by atoms with Crippen LogP contribution in [0.4, 0.5) is 0 Å². The summed E-state index contributed by atoms with van der Waals surface area (Å²) in [5.41, 5.74) is 3.26. The van der Waals surface area contributed by atoms with Gasteiger partial charge in [0.25, 0.3) is 0 Å². The Morgan fingerprint density at radius 2 is 1.83 bits per heavy atom. The van der Waals surface area contributed by atoms with Gasteiger partial charge in [-0.2, -0.15) is 0 Å². The molecule has 0 radical (unpaired) electrons. The van der Waals surface area contributed by atoms with E-state index < -0.39 is 0 Å². The van der Waals surface area contributed by atoms with Gasteiger partial charge in [-0.15, -0.1) is 0 Å². The third-order valence-corrected chi connectivity index (χ3v) is 5.81. The van der Waals surface area contributed by atoms with Crippen LogP contribution in [0.25, 0.3) is 0 Å². The van der Waals surface area contributed by atoms with Gasteiger partial charge in [-0.3, -0.25) is 9.59 Å². The van der Waals surface area contributed by atoms with Crippen LogP contribution in [0.1, 0.15) is 36.1 Å². The molecule has 2 unspecified atom stereocenters. The molecule has 1 heterocycles. The fourth-order valence-corrected chi connectivity index (χ4v) is 3.95. The zero-order chi connectivity index (χ0) is 21.7. The van der Waals surface area contributed by atoms with E-state index in [0.29, 0.717) is 31.0 Å². The first kappa shape index (κ1) is 21.7. The van der Waals surface area contributed by atoms with E-state index in [9.17, 15) is 9.59 Å². The van der Waals surface area contributed by atoms with Crippen molar-refractivity contribution >= 4 is 11.8 Å². The summed E-state index contributed by atoms with van der Waals surface area (Å²) >= 11 is 0. The predicted molar refractivity (Wildman–Crippen MR) is 116 cm³/mol. The fourth-order valence-electron chi connectivity index (χ4n) is 3.95. The highest BCUT2D eigenvalue weighted by Gasteiger charge is 2.36. The number of benzene rings is 2. The molecular formula is C24H30N2O4. The topological polar surface area (TPSA) is 67.9 Å². The molecule has 2 amide bonds. The van der Waals surface area contributed by atoms with Gasteiger partial charge in [0.15, 0.2) is 11.5 Å². The highest BCUT2D eigenvalue weighted by atomic mass is 16.5. The normalized spacial score (nSPS) is 17.0. The highest BCUT2D eigenvalue weighted by Crippen LogP contribution is 2.31. The Kier molecular flexibility index (Phi) is 6.98. The van der Waals surface area contributed by atoms with Gasteiger partial charge < -0.3 is 19.7 Å². The fraction of sp³-hybridized carbons (Fsp3) is 0.417.